The van der Waals surface area contributed by atoms with Gasteiger partial charge in [-0.3, -0.25) is 0 Å². The van der Waals surface area contributed by atoms with Crippen LogP contribution in [0.1, 0.15) is 106 Å². The van der Waals surface area contributed by atoms with Gasteiger partial charge in [-0.1, -0.05) is 92.9 Å². The van der Waals surface area contributed by atoms with E-state index < -0.39 is 0 Å². The van der Waals surface area contributed by atoms with Crippen molar-refractivity contribution in [2.75, 3.05) is 6.79 Å². The van der Waals surface area contributed by atoms with Crippen LogP contribution in [-0.4, -0.2) is 16.9 Å². The fraction of sp³-hybridized carbons (Fsp3) is 0.913. The third-order valence-electron chi connectivity index (χ3n) is 5.67. The van der Waals surface area contributed by atoms with Crippen molar-refractivity contribution in [3.8, 4) is 0 Å². The van der Waals surface area contributed by atoms with E-state index in [-0.39, 0.29) is 18.6 Å². The van der Waals surface area contributed by atoms with Crippen molar-refractivity contribution >= 4 is 34.5 Å². The molecule has 0 aliphatic carbocycles. The third-order valence-corrected chi connectivity index (χ3v) is 6.71. The molecule has 0 aliphatic heterocycles. The largest absolute Gasteiger partial charge is 0.451 e. The maximum Gasteiger partial charge on any atom is 0.232 e. The van der Waals surface area contributed by atoms with Gasteiger partial charge in [-0.15, -0.1) is 0 Å². The summed E-state index contributed by atoms with van der Waals surface area (Å²) in [5.41, 5.74) is 0. The molecule has 0 radical (unpaired) electrons. The molecule has 0 saturated heterocycles. The van der Waals surface area contributed by atoms with Crippen LogP contribution < -0.4 is 0 Å². The summed E-state index contributed by atoms with van der Waals surface area (Å²) in [6, 6.07) is 0. The standard InChI is InChI=1S/C23H44O2S2/c1-7-11-13-20(9-3)15-18(5)22(26)24-17-25-23(27)19(6)16-21(10-4)14-12-8-2/h18-21H,7-17H2,1-6H3. The molecule has 0 bridgehead atoms. The fourth-order valence-corrected chi connectivity index (χ4v) is 3.87. The lowest BCUT2D eigenvalue weighted by Crippen LogP contribution is -2.21. The highest BCUT2D eigenvalue weighted by Gasteiger charge is 2.18. The molecule has 4 unspecified atom stereocenters. The molecular formula is C23H44O2S2. The van der Waals surface area contributed by atoms with Crippen LogP contribution in [0.2, 0.25) is 0 Å². The number of hydrogen-bond acceptors (Lipinski definition) is 4. The van der Waals surface area contributed by atoms with Crippen molar-refractivity contribution in [2.24, 2.45) is 23.7 Å². The Labute approximate surface area is 180 Å². The molecular weight excluding hydrogens is 372 g/mol. The highest BCUT2D eigenvalue weighted by Crippen LogP contribution is 2.24. The second-order valence-corrected chi connectivity index (χ2v) is 8.96. The molecule has 0 aromatic carbocycles. The Kier molecular flexibility index (Phi) is 16.6. The molecule has 0 aromatic heterocycles. The molecule has 27 heavy (non-hydrogen) atoms. The summed E-state index contributed by atoms with van der Waals surface area (Å²) in [6.45, 7) is 13.5. The normalized spacial score (nSPS) is 15.6. The molecule has 4 heteroatoms. The van der Waals surface area contributed by atoms with Gasteiger partial charge in [0.05, 0.1) is 0 Å². The zero-order chi connectivity index (χ0) is 20.7. The lowest BCUT2D eigenvalue weighted by molar-refractivity contribution is 0.0906. The first-order chi connectivity index (χ1) is 12.9. The number of hydrogen-bond donors (Lipinski definition) is 0. The summed E-state index contributed by atoms with van der Waals surface area (Å²) in [5.74, 6) is 2.04. The van der Waals surface area contributed by atoms with Crippen LogP contribution in [0.25, 0.3) is 0 Å². The van der Waals surface area contributed by atoms with Crippen molar-refractivity contribution in [3.05, 3.63) is 0 Å². The summed E-state index contributed by atoms with van der Waals surface area (Å²) in [5, 5.41) is 1.32. The monoisotopic (exact) mass is 416 g/mol. The van der Waals surface area contributed by atoms with Crippen LogP contribution in [0.5, 0.6) is 0 Å². The Balaban J connectivity index is 4.17. The molecule has 0 N–H and O–H groups in total. The van der Waals surface area contributed by atoms with Gasteiger partial charge in [0.25, 0.3) is 0 Å². The number of thiocarbonyl (C=S) groups is 2. The van der Waals surface area contributed by atoms with E-state index >= 15 is 0 Å². The van der Waals surface area contributed by atoms with Crippen LogP contribution in [0.15, 0.2) is 0 Å². The lowest BCUT2D eigenvalue weighted by Gasteiger charge is -2.22. The Hall–Kier alpha value is -0.220. The molecule has 4 atom stereocenters. The smallest absolute Gasteiger partial charge is 0.232 e. The first-order valence-corrected chi connectivity index (χ1v) is 12.0. The number of ether oxygens (including phenoxy) is 2. The number of unbranched alkanes of at least 4 members (excludes halogenated alkanes) is 2. The molecule has 2 nitrogen and oxygen atoms in total. The third kappa shape index (κ3) is 12.8. The van der Waals surface area contributed by atoms with Gasteiger partial charge in [-0.05, 0) is 49.1 Å². The number of rotatable bonds is 16. The second kappa shape index (κ2) is 16.7. The van der Waals surface area contributed by atoms with E-state index in [1.54, 1.807) is 0 Å². The summed E-state index contributed by atoms with van der Waals surface area (Å²) in [6.07, 6.45) is 12.3. The minimum atomic E-state index is 0.157. The maximum atomic E-state index is 5.69. The van der Waals surface area contributed by atoms with E-state index in [9.17, 15) is 0 Å². The quantitative estimate of drug-likeness (QED) is 0.187. The van der Waals surface area contributed by atoms with Crippen molar-refractivity contribution < 1.29 is 9.47 Å². The first-order valence-electron chi connectivity index (χ1n) is 11.2. The molecule has 0 heterocycles. The topological polar surface area (TPSA) is 18.5 Å². The summed E-state index contributed by atoms with van der Waals surface area (Å²) >= 11 is 10.9. The Morgan fingerprint density at radius 3 is 1.37 bits per heavy atom. The highest BCUT2D eigenvalue weighted by molar-refractivity contribution is 7.80. The van der Waals surface area contributed by atoms with Crippen LogP contribution in [0, 0.1) is 23.7 Å². The van der Waals surface area contributed by atoms with Crippen LogP contribution in [0.3, 0.4) is 0 Å². The van der Waals surface area contributed by atoms with Crippen molar-refractivity contribution in [1.82, 2.24) is 0 Å². The van der Waals surface area contributed by atoms with Gasteiger partial charge >= 0.3 is 0 Å². The SMILES string of the molecule is CCCCC(CC)CC(C)C(=S)OCOC(=S)C(C)CC(CC)CCCC. The zero-order valence-corrected chi connectivity index (χ0v) is 20.4. The van der Waals surface area contributed by atoms with Gasteiger partial charge in [-0.25, -0.2) is 0 Å². The predicted octanol–water partition coefficient (Wildman–Crippen LogP) is 8.12. The highest BCUT2D eigenvalue weighted by atomic mass is 32.1. The lowest BCUT2D eigenvalue weighted by atomic mass is 9.90. The summed E-state index contributed by atoms with van der Waals surface area (Å²) in [7, 11) is 0. The van der Waals surface area contributed by atoms with Crippen molar-refractivity contribution in [1.29, 1.82) is 0 Å². The molecule has 0 spiro atoms. The summed E-state index contributed by atoms with van der Waals surface area (Å²) in [4.78, 5) is 0. The second-order valence-electron chi connectivity index (χ2n) is 8.15. The van der Waals surface area contributed by atoms with Gasteiger partial charge in [-0.2, -0.15) is 0 Å². The Bertz CT molecular complexity index is 362. The Morgan fingerprint density at radius 2 is 1.07 bits per heavy atom. The fourth-order valence-electron chi connectivity index (χ4n) is 3.59. The molecule has 160 valence electrons. The van der Waals surface area contributed by atoms with Gasteiger partial charge in [0, 0.05) is 11.8 Å². The van der Waals surface area contributed by atoms with E-state index in [0.717, 1.165) is 24.7 Å². The van der Waals surface area contributed by atoms with Crippen LogP contribution in [-0.2, 0) is 9.47 Å². The van der Waals surface area contributed by atoms with Gasteiger partial charge in [0.2, 0.25) is 6.79 Å². The van der Waals surface area contributed by atoms with E-state index in [4.69, 9.17) is 33.9 Å². The molecule has 0 aliphatic rings. The molecule has 0 fully saturated rings. The minimum absolute atomic E-state index is 0.157. The molecule has 0 saturated carbocycles. The van der Waals surface area contributed by atoms with Gasteiger partial charge < -0.3 is 9.47 Å². The van der Waals surface area contributed by atoms with Crippen molar-refractivity contribution in [2.45, 2.75) is 106 Å². The van der Waals surface area contributed by atoms with Gasteiger partial charge in [0.15, 0.2) is 10.1 Å². The summed E-state index contributed by atoms with van der Waals surface area (Å²) < 4.78 is 11.4. The van der Waals surface area contributed by atoms with Crippen LogP contribution in [0.4, 0.5) is 0 Å². The Morgan fingerprint density at radius 1 is 0.704 bits per heavy atom. The van der Waals surface area contributed by atoms with E-state index in [1.165, 1.54) is 51.4 Å². The van der Waals surface area contributed by atoms with Crippen molar-refractivity contribution in [3.63, 3.8) is 0 Å². The maximum absolute atomic E-state index is 5.69. The molecule has 0 aromatic rings. The van der Waals surface area contributed by atoms with E-state index in [0.29, 0.717) is 10.1 Å². The van der Waals surface area contributed by atoms with E-state index in [2.05, 4.69) is 41.5 Å². The van der Waals surface area contributed by atoms with Gasteiger partial charge in [0.1, 0.15) is 0 Å². The molecule has 0 amide bonds. The average Bonchev–Trinajstić information content (AvgIpc) is 2.67. The minimum Gasteiger partial charge on any atom is -0.451 e. The zero-order valence-electron chi connectivity index (χ0n) is 18.7. The predicted molar refractivity (Wildman–Crippen MR) is 126 cm³/mol. The first kappa shape index (κ1) is 26.8. The average molecular weight is 417 g/mol. The molecule has 0 rings (SSSR count). The van der Waals surface area contributed by atoms with Crippen LogP contribution >= 0.6 is 24.4 Å². The van der Waals surface area contributed by atoms with E-state index in [1.807, 2.05) is 0 Å².